The number of carboxylic acids is 1. The lowest BCUT2D eigenvalue weighted by Gasteiger charge is -2.35. The summed E-state index contributed by atoms with van der Waals surface area (Å²) in [6.07, 6.45) is 5.43. The van der Waals surface area contributed by atoms with Gasteiger partial charge in [0.15, 0.2) is 0 Å². The van der Waals surface area contributed by atoms with Gasteiger partial charge in [0.05, 0.1) is 5.56 Å². The van der Waals surface area contributed by atoms with Gasteiger partial charge in [0.25, 0.3) is 0 Å². The molecule has 0 aliphatic carbocycles. The molecule has 1 aliphatic heterocycles. The third-order valence-corrected chi connectivity index (χ3v) is 3.50. The van der Waals surface area contributed by atoms with Crippen molar-refractivity contribution in [3.63, 3.8) is 0 Å². The molecule has 1 aliphatic rings. The molecular weight excluding hydrogens is 226 g/mol. The van der Waals surface area contributed by atoms with Crippen molar-refractivity contribution in [1.29, 1.82) is 0 Å². The van der Waals surface area contributed by atoms with Crippen molar-refractivity contribution in [3.05, 3.63) is 48.0 Å². The molecule has 2 rings (SSSR count). The molecule has 3 nitrogen and oxygen atoms in total. The molecule has 0 radical (unpaired) electrons. The molecule has 18 heavy (non-hydrogen) atoms. The predicted molar refractivity (Wildman–Crippen MR) is 71.8 cm³/mol. The molecule has 1 fully saturated rings. The van der Waals surface area contributed by atoms with Crippen LogP contribution >= 0.6 is 0 Å². The largest absolute Gasteiger partial charge is 0.478 e. The third kappa shape index (κ3) is 2.79. The van der Waals surface area contributed by atoms with Gasteiger partial charge in [0.1, 0.15) is 0 Å². The lowest BCUT2D eigenvalue weighted by atomic mass is 9.94. The van der Waals surface area contributed by atoms with E-state index >= 15 is 0 Å². The Morgan fingerprint density at radius 1 is 1.50 bits per heavy atom. The molecule has 1 aromatic rings. The van der Waals surface area contributed by atoms with Crippen LogP contribution in [0.25, 0.3) is 0 Å². The summed E-state index contributed by atoms with van der Waals surface area (Å²) in [6, 6.07) is 7.63. The number of carboxylic acid groups (broad SMARTS) is 1. The first kappa shape index (κ1) is 12.8. The number of rotatable bonds is 4. The fourth-order valence-electron chi connectivity index (χ4n) is 2.63. The molecule has 3 heteroatoms. The molecule has 1 atom stereocenters. The van der Waals surface area contributed by atoms with Crippen LogP contribution in [0.4, 0.5) is 0 Å². The van der Waals surface area contributed by atoms with Gasteiger partial charge >= 0.3 is 5.97 Å². The highest BCUT2D eigenvalue weighted by Crippen LogP contribution is 2.31. The smallest absolute Gasteiger partial charge is 0.335 e. The fourth-order valence-corrected chi connectivity index (χ4v) is 2.63. The molecule has 1 saturated heterocycles. The summed E-state index contributed by atoms with van der Waals surface area (Å²) < 4.78 is 0. The highest BCUT2D eigenvalue weighted by Gasteiger charge is 2.23. The van der Waals surface area contributed by atoms with Crippen LogP contribution in [-0.4, -0.2) is 29.1 Å². The van der Waals surface area contributed by atoms with Crippen molar-refractivity contribution in [3.8, 4) is 0 Å². The van der Waals surface area contributed by atoms with Crippen molar-refractivity contribution >= 4 is 5.97 Å². The summed E-state index contributed by atoms with van der Waals surface area (Å²) in [5, 5.41) is 9.05. The maximum atomic E-state index is 11.0. The number of piperidine rings is 1. The van der Waals surface area contributed by atoms with Crippen molar-refractivity contribution in [2.45, 2.75) is 25.3 Å². The van der Waals surface area contributed by atoms with Crippen LogP contribution in [0.1, 0.15) is 41.2 Å². The second kappa shape index (κ2) is 5.83. The van der Waals surface area contributed by atoms with Gasteiger partial charge in [-0.05, 0) is 37.1 Å². The molecule has 0 spiro atoms. The minimum Gasteiger partial charge on any atom is -0.478 e. The van der Waals surface area contributed by atoms with Gasteiger partial charge in [0, 0.05) is 12.6 Å². The average Bonchev–Trinajstić information content (AvgIpc) is 2.40. The molecular formula is C15H19NO2. The van der Waals surface area contributed by atoms with E-state index in [4.69, 9.17) is 5.11 Å². The second-order valence-corrected chi connectivity index (χ2v) is 4.73. The van der Waals surface area contributed by atoms with E-state index < -0.39 is 5.97 Å². The summed E-state index contributed by atoms with van der Waals surface area (Å²) in [7, 11) is 0. The monoisotopic (exact) mass is 245 g/mol. The van der Waals surface area contributed by atoms with Gasteiger partial charge in [0.2, 0.25) is 0 Å². The topological polar surface area (TPSA) is 40.5 Å². The zero-order chi connectivity index (χ0) is 13.0. The van der Waals surface area contributed by atoms with E-state index in [1.165, 1.54) is 12.8 Å². The minimum absolute atomic E-state index is 0.330. The molecule has 1 unspecified atom stereocenters. The summed E-state index contributed by atoms with van der Waals surface area (Å²) in [4.78, 5) is 13.4. The second-order valence-electron chi connectivity index (χ2n) is 4.73. The zero-order valence-corrected chi connectivity index (χ0v) is 10.5. The van der Waals surface area contributed by atoms with Gasteiger partial charge in [-0.3, -0.25) is 4.90 Å². The van der Waals surface area contributed by atoms with E-state index in [9.17, 15) is 4.79 Å². The number of hydrogen-bond acceptors (Lipinski definition) is 2. The molecule has 0 amide bonds. The van der Waals surface area contributed by atoms with Gasteiger partial charge in [-0.25, -0.2) is 4.79 Å². The normalized spacial score (nSPS) is 20.6. The van der Waals surface area contributed by atoms with Crippen LogP contribution in [0.15, 0.2) is 36.9 Å². The summed E-state index contributed by atoms with van der Waals surface area (Å²) in [6.45, 7) is 5.72. The highest BCUT2D eigenvalue weighted by molar-refractivity contribution is 5.87. The highest BCUT2D eigenvalue weighted by atomic mass is 16.4. The first-order chi connectivity index (χ1) is 8.72. The minimum atomic E-state index is -0.858. The zero-order valence-electron chi connectivity index (χ0n) is 10.5. The van der Waals surface area contributed by atoms with E-state index in [1.807, 2.05) is 18.2 Å². The molecule has 0 saturated carbocycles. The van der Waals surface area contributed by atoms with Crippen LogP contribution < -0.4 is 0 Å². The first-order valence-electron chi connectivity index (χ1n) is 6.40. The van der Waals surface area contributed by atoms with E-state index in [1.54, 1.807) is 12.1 Å². The Labute approximate surface area is 108 Å². The predicted octanol–water partition coefficient (Wildman–Crippen LogP) is 3.10. The number of benzene rings is 1. The van der Waals surface area contributed by atoms with Gasteiger partial charge in [-0.2, -0.15) is 0 Å². The van der Waals surface area contributed by atoms with E-state index in [0.29, 0.717) is 11.6 Å². The Hall–Kier alpha value is -1.61. The Balaban J connectivity index is 2.24. The van der Waals surface area contributed by atoms with Crippen LogP contribution in [0.2, 0.25) is 0 Å². The van der Waals surface area contributed by atoms with Gasteiger partial charge in [-0.1, -0.05) is 24.6 Å². The van der Waals surface area contributed by atoms with Gasteiger partial charge in [-0.15, -0.1) is 6.58 Å². The molecule has 0 aromatic heterocycles. The van der Waals surface area contributed by atoms with Crippen molar-refractivity contribution < 1.29 is 9.90 Å². The molecule has 1 heterocycles. The Morgan fingerprint density at radius 3 is 3.06 bits per heavy atom. The molecule has 96 valence electrons. The molecule has 1 aromatic carbocycles. The first-order valence-corrected chi connectivity index (χ1v) is 6.40. The Morgan fingerprint density at radius 2 is 2.33 bits per heavy atom. The standard InChI is InChI=1S/C15H19NO2/c1-2-9-16-10-4-3-8-14(16)12-6-5-7-13(11-12)15(17)18/h2,5-7,11,14H,1,3-4,8-10H2,(H,17,18). The lowest BCUT2D eigenvalue weighted by molar-refractivity contribution is 0.0696. The number of hydrogen-bond donors (Lipinski definition) is 1. The van der Waals surface area contributed by atoms with Crippen LogP contribution in [0, 0.1) is 0 Å². The number of likely N-dealkylation sites (tertiary alicyclic amines) is 1. The maximum Gasteiger partial charge on any atom is 0.335 e. The number of nitrogens with zero attached hydrogens (tertiary/aromatic N) is 1. The Kier molecular flexibility index (Phi) is 4.15. The van der Waals surface area contributed by atoms with Crippen molar-refractivity contribution in [2.24, 2.45) is 0 Å². The Bertz CT molecular complexity index is 442. The fraction of sp³-hybridized carbons (Fsp3) is 0.400. The van der Waals surface area contributed by atoms with Crippen LogP contribution in [0.5, 0.6) is 0 Å². The van der Waals surface area contributed by atoms with Gasteiger partial charge < -0.3 is 5.11 Å². The summed E-state index contributed by atoms with van der Waals surface area (Å²) in [5.41, 5.74) is 1.48. The van der Waals surface area contributed by atoms with E-state index in [-0.39, 0.29) is 0 Å². The third-order valence-electron chi connectivity index (χ3n) is 3.50. The van der Waals surface area contributed by atoms with Crippen molar-refractivity contribution in [1.82, 2.24) is 4.90 Å². The van der Waals surface area contributed by atoms with Crippen molar-refractivity contribution in [2.75, 3.05) is 13.1 Å². The molecule has 1 N–H and O–H groups in total. The quantitative estimate of drug-likeness (QED) is 0.829. The van der Waals surface area contributed by atoms with E-state index in [0.717, 1.165) is 25.1 Å². The number of carbonyl (C=O) groups is 1. The lowest BCUT2D eigenvalue weighted by Crippen LogP contribution is -2.33. The SMILES string of the molecule is C=CCN1CCCCC1c1cccc(C(=O)O)c1. The van der Waals surface area contributed by atoms with Crippen LogP contribution in [0.3, 0.4) is 0 Å². The maximum absolute atomic E-state index is 11.0. The summed E-state index contributed by atoms with van der Waals surface area (Å²) in [5.74, 6) is -0.858. The molecule has 0 bridgehead atoms. The average molecular weight is 245 g/mol. The summed E-state index contributed by atoms with van der Waals surface area (Å²) >= 11 is 0. The van der Waals surface area contributed by atoms with E-state index in [2.05, 4.69) is 11.5 Å². The van der Waals surface area contributed by atoms with Crippen LogP contribution in [-0.2, 0) is 0 Å². The number of aromatic carboxylic acids is 1.